The summed E-state index contributed by atoms with van der Waals surface area (Å²) in [5, 5.41) is 2.86. The van der Waals surface area contributed by atoms with Crippen molar-refractivity contribution in [1.82, 2.24) is 14.8 Å². The van der Waals surface area contributed by atoms with Crippen molar-refractivity contribution in [1.29, 1.82) is 0 Å². The lowest BCUT2D eigenvalue weighted by Crippen LogP contribution is -2.48. The Morgan fingerprint density at radius 2 is 1.75 bits per heavy atom. The lowest BCUT2D eigenvalue weighted by atomic mass is 9.82. The Morgan fingerprint density at radius 1 is 1.07 bits per heavy atom. The normalized spacial score (nSPS) is 18.6. The summed E-state index contributed by atoms with van der Waals surface area (Å²) in [5.41, 5.74) is 2.48. The SMILES string of the molecule is Cc1cc(C(=O)CN2C(=O)NC3(CCCCC3)C2=O)c(C)n1-c1ccccc1. The van der Waals surface area contributed by atoms with E-state index in [0.717, 1.165) is 41.2 Å². The zero-order valence-corrected chi connectivity index (χ0v) is 16.3. The van der Waals surface area contributed by atoms with E-state index in [1.54, 1.807) is 0 Å². The van der Waals surface area contributed by atoms with Crippen LogP contribution in [0.4, 0.5) is 4.79 Å². The number of para-hydroxylation sites is 1. The summed E-state index contributed by atoms with van der Waals surface area (Å²) in [6.07, 6.45) is 4.24. The van der Waals surface area contributed by atoms with Gasteiger partial charge in [-0.1, -0.05) is 37.5 Å². The molecule has 1 aliphatic carbocycles. The van der Waals surface area contributed by atoms with Gasteiger partial charge in [0.15, 0.2) is 5.78 Å². The Balaban J connectivity index is 1.58. The molecular formula is C22H25N3O3. The molecule has 0 radical (unpaired) electrons. The molecule has 6 nitrogen and oxygen atoms in total. The van der Waals surface area contributed by atoms with Crippen LogP contribution in [0, 0.1) is 13.8 Å². The molecule has 1 aromatic carbocycles. The molecule has 2 fully saturated rings. The minimum atomic E-state index is -0.795. The van der Waals surface area contributed by atoms with Crippen LogP contribution in [0.1, 0.15) is 53.8 Å². The number of nitrogens with zero attached hydrogens (tertiary/aromatic N) is 2. The van der Waals surface area contributed by atoms with Crippen LogP contribution in [0.5, 0.6) is 0 Å². The highest BCUT2D eigenvalue weighted by Gasteiger charge is 2.51. The van der Waals surface area contributed by atoms with Gasteiger partial charge in [0, 0.05) is 22.6 Å². The molecule has 1 N–H and O–H groups in total. The fourth-order valence-corrected chi connectivity index (χ4v) is 4.56. The van der Waals surface area contributed by atoms with Gasteiger partial charge < -0.3 is 9.88 Å². The standard InChI is InChI=1S/C22H25N3O3/c1-15-13-18(16(2)25(15)17-9-5-3-6-10-17)19(26)14-24-20(27)22(23-21(24)28)11-7-4-8-12-22/h3,5-6,9-10,13H,4,7-8,11-12,14H2,1-2H3,(H,23,28). The lowest BCUT2D eigenvalue weighted by Gasteiger charge is -2.30. The fourth-order valence-electron chi connectivity index (χ4n) is 4.56. The second-order valence-corrected chi connectivity index (χ2v) is 7.84. The molecule has 4 rings (SSSR count). The van der Waals surface area contributed by atoms with Gasteiger partial charge in [-0.15, -0.1) is 0 Å². The third-order valence-electron chi connectivity index (χ3n) is 6.00. The maximum Gasteiger partial charge on any atom is 0.325 e. The number of imide groups is 1. The third-order valence-corrected chi connectivity index (χ3v) is 6.00. The first kappa shape index (κ1) is 18.5. The summed E-state index contributed by atoms with van der Waals surface area (Å²) in [6.45, 7) is 3.62. The summed E-state index contributed by atoms with van der Waals surface area (Å²) in [7, 11) is 0. The van der Waals surface area contributed by atoms with E-state index in [9.17, 15) is 14.4 Å². The Kier molecular flexibility index (Phi) is 4.57. The van der Waals surface area contributed by atoms with Gasteiger partial charge >= 0.3 is 6.03 Å². The molecule has 0 atom stereocenters. The van der Waals surface area contributed by atoms with Crippen LogP contribution in [-0.2, 0) is 4.79 Å². The number of carbonyl (C=O) groups excluding carboxylic acids is 3. The minimum absolute atomic E-state index is 0.216. The molecule has 2 aromatic rings. The molecule has 0 bridgehead atoms. The van der Waals surface area contributed by atoms with Crippen LogP contribution >= 0.6 is 0 Å². The van der Waals surface area contributed by atoms with Gasteiger partial charge in [-0.2, -0.15) is 0 Å². The highest BCUT2D eigenvalue weighted by molar-refractivity contribution is 6.11. The maximum atomic E-state index is 13.0. The number of carbonyl (C=O) groups is 3. The number of benzene rings is 1. The molecule has 146 valence electrons. The maximum absolute atomic E-state index is 13.0. The Bertz CT molecular complexity index is 939. The molecule has 1 saturated carbocycles. The molecule has 28 heavy (non-hydrogen) atoms. The van der Waals surface area contributed by atoms with Crippen LogP contribution in [0.25, 0.3) is 5.69 Å². The zero-order chi connectivity index (χ0) is 19.9. The van der Waals surface area contributed by atoms with Crippen molar-refractivity contribution in [3.63, 3.8) is 0 Å². The van der Waals surface area contributed by atoms with Crippen LogP contribution < -0.4 is 5.32 Å². The van der Waals surface area contributed by atoms with Crippen molar-refractivity contribution in [3.8, 4) is 5.69 Å². The summed E-state index contributed by atoms with van der Waals surface area (Å²) in [6, 6.07) is 11.2. The smallest absolute Gasteiger partial charge is 0.323 e. The van der Waals surface area contributed by atoms with Crippen molar-refractivity contribution in [3.05, 3.63) is 53.3 Å². The summed E-state index contributed by atoms with van der Waals surface area (Å²) in [4.78, 5) is 39.5. The van der Waals surface area contributed by atoms with Crippen molar-refractivity contribution in [2.24, 2.45) is 0 Å². The van der Waals surface area contributed by atoms with Gasteiger partial charge in [0.05, 0.1) is 6.54 Å². The Labute approximate surface area is 164 Å². The molecule has 2 aliphatic rings. The molecular weight excluding hydrogens is 354 g/mol. The number of ketones is 1. The number of hydrogen-bond donors (Lipinski definition) is 1. The molecule has 0 unspecified atom stereocenters. The Hall–Kier alpha value is -2.89. The quantitative estimate of drug-likeness (QED) is 0.652. The monoisotopic (exact) mass is 379 g/mol. The van der Waals surface area contributed by atoms with Crippen molar-refractivity contribution in [2.75, 3.05) is 6.54 Å². The van der Waals surface area contributed by atoms with Crippen molar-refractivity contribution < 1.29 is 14.4 Å². The van der Waals surface area contributed by atoms with Gasteiger partial charge in [0.2, 0.25) is 0 Å². The summed E-state index contributed by atoms with van der Waals surface area (Å²) in [5.74, 6) is -0.464. The lowest BCUT2D eigenvalue weighted by molar-refractivity contribution is -0.132. The van der Waals surface area contributed by atoms with Gasteiger partial charge in [-0.3, -0.25) is 14.5 Å². The summed E-state index contributed by atoms with van der Waals surface area (Å²) < 4.78 is 2.02. The van der Waals surface area contributed by atoms with Crippen molar-refractivity contribution >= 4 is 17.7 Å². The van der Waals surface area contributed by atoms with Crippen LogP contribution in [0.3, 0.4) is 0 Å². The average molecular weight is 379 g/mol. The summed E-state index contributed by atoms with van der Waals surface area (Å²) >= 11 is 0. The van der Waals surface area contributed by atoms with Crippen LogP contribution in [0.2, 0.25) is 0 Å². The second kappa shape index (κ2) is 6.93. The molecule has 2 heterocycles. The first-order chi connectivity index (χ1) is 13.4. The van der Waals surface area contributed by atoms with E-state index in [1.807, 2.05) is 54.8 Å². The highest BCUT2D eigenvalue weighted by atomic mass is 16.2. The van der Waals surface area contributed by atoms with E-state index in [1.165, 1.54) is 0 Å². The molecule has 6 heteroatoms. The van der Waals surface area contributed by atoms with Gasteiger partial charge in [-0.25, -0.2) is 4.79 Å². The first-order valence-corrected chi connectivity index (χ1v) is 9.85. The third kappa shape index (κ3) is 2.93. The Morgan fingerprint density at radius 3 is 2.43 bits per heavy atom. The number of Topliss-reactive ketones (excluding diaryl/α,β-unsaturated/α-hetero) is 1. The molecule has 1 saturated heterocycles. The first-order valence-electron chi connectivity index (χ1n) is 9.85. The van der Waals surface area contributed by atoms with E-state index in [4.69, 9.17) is 0 Å². The highest BCUT2D eigenvalue weighted by Crippen LogP contribution is 2.34. The average Bonchev–Trinajstić information content (AvgIpc) is 3.11. The number of urea groups is 1. The van der Waals surface area contributed by atoms with Gasteiger partial charge in [0.25, 0.3) is 5.91 Å². The van der Waals surface area contributed by atoms with E-state index >= 15 is 0 Å². The number of rotatable bonds is 4. The van der Waals surface area contributed by atoms with E-state index in [-0.39, 0.29) is 18.2 Å². The van der Waals surface area contributed by atoms with Gasteiger partial charge in [-0.05, 0) is 44.9 Å². The van der Waals surface area contributed by atoms with Crippen molar-refractivity contribution in [2.45, 2.75) is 51.5 Å². The van der Waals surface area contributed by atoms with E-state index in [2.05, 4.69) is 5.32 Å². The number of nitrogens with one attached hydrogen (secondary N) is 1. The number of aromatic nitrogens is 1. The van der Waals surface area contributed by atoms with Crippen LogP contribution in [-0.4, -0.2) is 39.3 Å². The zero-order valence-electron chi connectivity index (χ0n) is 16.3. The van der Waals surface area contributed by atoms with Gasteiger partial charge in [0.1, 0.15) is 5.54 Å². The van der Waals surface area contributed by atoms with E-state index < -0.39 is 11.6 Å². The molecule has 1 spiro atoms. The number of aryl methyl sites for hydroxylation is 1. The minimum Gasteiger partial charge on any atom is -0.323 e. The largest absolute Gasteiger partial charge is 0.325 e. The molecule has 1 aliphatic heterocycles. The second-order valence-electron chi connectivity index (χ2n) is 7.84. The predicted octanol–water partition coefficient (Wildman–Crippen LogP) is 3.53. The topological polar surface area (TPSA) is 71.4 Å². The number of hydrogen-bond acceptors (Lipinski definition) is 3. The molecule has 1 aromatic heterocycles. The fraction of sp³-hybridized carbons (Fsp3) is 0.409. The molecule has 3 amide bonds. The number of amides is 3. The van der Waals surface area contributed by atoms with E-state index in [0.29, 0.717) is 18.4 Å². The predicted molar refractivity (Wildman–Crippen MR) is 106 cm³/mol. The van der Waals surface area contributed by atoms with Crippen LogP contribution in [0.15, 0.2) is 36.4 Å².